The number of hydrogen-bond donors (Lipinski definition) is 1. The van der Waals surface area contributed by atoms with Crippen molar-refractivity contribution in [2.24, 2.45) is 11.8 Å². The second-order valence-electron chi connectivity index (χ2n) is 7.45. The first kappa shape index (κ1) is 20.7. The number of rotatable bonds is 9. The van der Waals surface area contributed by atoms with Gasteiger partial charge in [-0.3, -0.25) is 14.5 Å². The highest BCUT2D eigenvalue weighted by Crippen LogP contribution is 2.27. The van der Waals surface area contributed by atoms with Crippen molar-refractivity contribution in [2.75, 3.05) is 11.4 Å². The van der Waals surface area contributed by atoms with Crippen molar-refractivity contribution in [3.63, 3.8) is 0 Å². The smallest absolute Gasteiger partial charge is 0.231 e. The third-order valence-electron chi connectivity index (χ3n) is 4.38. The van der Waals surface area contributed by atoms with Gasteiger partial charge in [-0.05, 0) is 42.5 Å². The van der Waals surface area contributed by atoms with Crippen LogP contribution >= 0.6 is 0 Å². The van der Waals surface area contributed by atoms with E-state index in [1.807, 2.05) is 67.6 Å². The second-order valence-corrected chi connectivity index (χ2v) is 7.45. The van der Waals surface area contributed by atoms with Gasteiger partial charge in [-0.2, -0.15) is 0 Å². The molecule has 0 spiro atoms. The minimum Gasteiger partial charge on any atom is -0.356 e. The van der Waals surface area contributed by atoms with Gasteiger partial charge in [-0.15, -0.1) is 0 Å². The Morgan fingerprint density at radius 2 is 1.37 bits per heavy atom. The van der Waals surface area contributed by atoms with Crippen molar-refractivity contribution in [1.82, 2.24) is 5.32 Å². The van der Waals surface area contributed by atoms with Crippen molar-refractivity contribution in [3.8, 4) is 0 Å². The minimum absolute atomic E-state index is 0.00474. The Hall–Kier alpha value is -2.62. The summed E-state index contributed by atoms with van der Waals surface area (Å²) in [5.41, 5.74) is 1.67. The lowest BCUT2D eigenvalue weighted by Gasteiger charge is -2.24. The van der Waals surface area contributed by atoms with E-state index < -0.39 is 0 Å². The molecule has 2 aromatic rings. The van der Waals surface area contributed by atoms with Crippen LogP contribution in [0, 0.1) is 11.8 Å². The Labute approximate surface area is 162 Å². The summed E-state index contributed by atoms with van der Waals surface area (Å²) in [4.78, 5) is 26.9. The molecule has 0 fully saturated rings. The molecule has 0 bridgehead atoms. The minimum atomic E-state index is -0.0218. The van der Waals surface area contributed by atoms with E-state index in [2.05, 4.69) is 19.2 Å². The number of benzene rings is 2. The van der Waals surface area contributed by atoms with Gasteiger partial charge in [0.05, 0.1) is 0 Å². The molecular formula is C23H30N2O2. The molecule has 27 heavy (non-hydrogen) atoms. The van der Waals surface area contributed by atoms with Crippen LogP contribution in [0.4, 0.5) is 11.4 Å². The molecule has 4 heteroatoms. The van der Waals surface area contributed by atoms with Crippen LogP contribution in [-0.2, 0) is 9.59 Å². The van der Waals surface area contributed by atoms with E-state index in [4.69, 9.17) is 0 Å². The summed E-state index contributed by atoms with van der Waals surface area (Å²) in [6, 6.07) is 19.2. The predicted octanol–water partition coefficient (Wildman–Crippen LogP) is 4.93. The topological polar surface area (TPSA) is 49.4 Å². The van der Waals surface area contributed by atoms with Crippen LogP contribution < -0.4 is 10.2 Å². The first-order valence-electron chi connectivity index (χ1n) is 9.67. The molecule has 1 N–H and O–H groups in total. The van der Waals surface area contributed by atoms with Crippen LogP contribution in [-0.4, -0.2) is 18.4 Å². The Bertz CT molecular complexity index is 674. The average Bonchev–Trinajstić information content (AvgIpc) is 2.63. The summed E-state index contributed by atoms with van der Waals surface area (Å²) in [5, 5.41) is 2.95. The summed E-state index contributed by atoms with van der Waals surface area (Å²) in [7, 11) is 0. The lowest BCUT2D eigenvalue weighted by molar-refractivity contribution is -0.122. The van der Waals surface area contributed by atoms with Crippen LogP contribution in [0.1, 0.15) is 40.0 Å². The summed E-state index contributed by atoms with van der Waals surface area (Å²) >= 11 is 0. The largest absolute Gasteiger partial charge is 0.356 e. The number of hydrogen-bond acceptors (Lipinski definition) is 2. The van der Waals surface area contributed by atoms with Crippen LogP contribution in [0.25, 0.3) is 0 Å². The molecule has 144 valence electrons. The molecule has 0 radical (unpaired) electrons. The van der Waals surface area contributed by atoms with E-state index >= 15 is 0 Å². The van der Waals surface area contributed by atoms with Gasteiger partial charge in [-0.1, -0.05) is 57.2 Å². The monoisotopic (exact) mass is 366 g/mol. The molecule has 0 saturated heterocycles. The molecule has 0 heterocycles. The first-order valence-corrected chi connectivity index (χ1v) is 9.67. The first-order chi connectivity index (χ1) is 13.0. The molecule has 4 nitrogen and oxygen atoms in total. The van der Waals surface area contributed by atoms with E-state index in [0.717, 1.165) is 17.8 Å². The maximum atomic E-state index is 13.0. The number of nitrogens with zero attached hydrogens (tertiary/aromatic N) is 1. The standard InChI is InChI=1S/C23H30N2O2/c1-18(2)14-15-24-22(26)16-19(3)17-23(27)25(20-10-6-4-7-11-20)21-12-8-5-9-13-21/h4-13,18-19H,14-17H2,1-3H3,(H,24,26)/t19-/m0/s1. The third-order valence-corrected chi connectivity index (χ3v) is 4.38. The number of nitrogens with one attached hydrogen (secondary N) is 1. The highest BCUT2D eigenvalue weighted by atomic mass is 16.2. The highest BCUT2D eigenvalue weighted by molar-refractivity contribution is 6.00. The molecule has 0 aliphatic carbocycles. The molecule has 1 atom stereocenters. The molecule has 0 aliphatic heterocycles. The number of anilines is 2. The Morgan fingerprint density at radius 1 is 0.852 bits per heavy atom. The molecule has 0 aliphatic rings. The highest BCUT2D eigenvalue weighted by Gasteiger charge is 2.21. The summed E-state index contributed by atoms with van der Waals surface area (Å²) < 4.78 is 0. The molecule has 0 saturated carbocycles. The van der Waals surface area contributed by atoms with E-state index in [1.54, 1.807) is 4.90 Å². The summed E-state index contributed by atoms with van der Waals surface area (Å²) in [5.74, 6) is 0.554. The second kappa shape index (κ2) is 10.5. The normalized spacial score (nSPS) is 11.9. The maximum Gasteiger partial charge on any atom is 0.231 e. The van der Waals surface area contributed by atoms with E-state index in [0.29, 0.717) is 25.3 Å². The van der Waals surface area contributed by atoms with Gasteiger partial charge in [0.1, 0.15) is 0 Å². The van der Waals surface area contributed by atoms with Gasteiger partial charge >= 0.3 is 0 Å². The van der Waals surface area contributed by atoms with Crippen molar-refractivity contribution in [2.45, 2.75) is 40.0 Å². The zero-order valence-corrected chi connectivity index (χ0v) is 16.5. The molecule has 2 aromatic carbocycles. The summed E-state index contributed by atoms with van der Waals surface area (Å²) in [6.07, 6.45) is 1.65. The van der Waals surface area contributed by atoms with Crippen molar-refractivity contribution in [3.05, 3.63) is 60.7 Å². The zero-order valence-electron chi connectivity index (χ0n) is 16.5. The Kier molecular flexibility index (Phi) is 8.05. The lowest BCUT2D eigenvalue weighted by Crippen LogP contribution is -2.30. The maximum absolute atomic E-state index is 13.0. The number of para-hydroxylation sites is 2. The average molecular weight is 367 g/mol. The van der Waals surface area contributed by atoms with Crippen LogP contribution in [0.5, 0.6) is 0 Å². The van der Waals surface area contributed by atoms with Crippen molar-refractivity contribution in [1.29, 1.82) is 0 Å². The third kappa shape index (κ3) is 6.89. The fourth-order valence-corrected chi connectivity index (χ4v) is 2.94. The zero-order chi connectivity index (χ0) is 19.6. The summed E-state index contributed by atoms with van der Waals surface area (Å²) in [6.45, 7) is 6.91. The molecule has 2 amide bonds. The van der Waals surface area contributed by atoms with Gasteiger partial charge in [0.25, 0.3) is 0 Å². The molecule has 0 unspecified atom stereocenters. The van der Waals surface area contributed by atoms with E-state index in [1.165, 1.54) is 0 Å². The van der Waals surface area contributed by atoms with Gasteiger partial charge in [-0.25, -0.2) is 0 Å². The Morgan fingerprint density at radius 3 is 1.85 bits per heavy atom. The fraction of sp³-hybridized carbons (Fsp3) is 0.391. The SMILES string of the molecule is CC(C)CCNC(=O)C[C@H](C)CC(=O)N(c1ccccc1)c1ccccc1. The predicted molar refractivity (Wildman–Crippen MR) is 111 cm³/mol. The van der Waals surface area contributed by atoms with E-state index in [9.17, 15) is 9.59 Å². The fourth-order valence-electron chi connectivity index (χ4n) is 2.94. The number of carbonyl (C=O) groups is 2. The molecule has 0 aromatic heterocycles. The van der Waals surface area contributed by atoms with Gasteiger partial charge in [0.15, 0.2) is 0 Å². The van der Waals surface area contributed by atoms with Crippen LogP contribution in [0.3, 0.4) is 0 Å². The molecular weight excluding hydrogens is 336 g/mol. The van der Waals surface area contributed by atoms with Gasteiger partial charge in [0.2, 0.25) is 11.8 Å². The van der Waals surface area contributed by atoms with Crippen molar-refractivity contribution < 1.29 is 9.59 Å². The number of amides is 2. The van der Waals surface area contributed by atoms with E-state index in [-0.39, 0.29) is 17.7 Å². The Balaban J connectivity index is 2.00. The van der Waals surface area contributed by atoms with Crippen LogP contribution in [0.15, 0.2) is 60.7 Å². The molecule has 2 rings (SSSR count). The number of carbonyl (C=O) groups excluding carboxylic acids is 2. The lowest BCUT2D eigenvalue weighted by atomic mass is 10.0. The van der Waals surface area contributed by atoms with Gasteiger partial charge in [0, 0.05) is 30.8 Å². The quantitative estimate of drug-likeness (QED) is 0.684. The van der Waals surface area contributed by atoms with Gasteiger partial charge < -0.3 is 5.32 Å². The van der Waals surface area contributed by atoms with Crippen molar-refractivity contribution >= 4 is 23.2 Å². The van der Waals surface area contributed by atoms with Crippen LogP contribution in [0.2, 0.25) is 0 Å².